The lowest BCUT2D eigenvalue weighted by molar-refractivity contribution is -0.176. The van der Waals surface area contributed by atoms with Crippen molar-refractivity contribution in [3.05, 3.63) is 34.9 Å². The molecule has 1 aromatic rings. The summed E-state index contributed by atoms with van der Waals surface area (Å²) in [7, 11) is 4.40. The summed E-state index contributed by atoms with van der Waals surface area (Å²) in [6.45, 7) is 10.3. The Balaban J connectivity index is 4.09. The van der Waals surface area contributed by atoms with Crippen molar-refractivity contribution < 1.29 is 49.2 Å². The molecule has 1 rings (SSSR count). The number of rotatable bonds is 20. The number of nitrogens with one attached hydrogen (secondary N) is 3. The maximum atomic E-state index is 14.2. The predicted molar refractivity (Wildman–Crippen MR) is 171 cm³/mol. The van der Waals surface area contributed by atoms with E-state index in [1.54, 1.807) is 20.8 Å². The number of Topliss-reactive ketones (excluding diaryl/α,β-unsaturated/α-hetero) is 5. The molecule has 0 fully saturated rings. The Morgan fingerprint density at radius 3 is 1.74 bits per heavy atom. The Bertz CT molecular complexity index is 1320. The van der Waals surface area contributed by atoms with Gasteiger partial charge in [-0.2, -0.15) is 0 Å². The summed E-state index contributed by atoms with van der Waals surface area (Å²) in [4.78, 5) is 80.7. The van der Waals surface area contributed by atoms with Crippen LogP contribution in [0.3, 0.4) is 0 Å². The highest BCUT2D eigenvalue weighted by Crippen LogP contribution is 2.36. The van der Waals surface area contributed by atoms with Gasteiger partial charge in [-0.25, -0.2) is 4.79 Å². The van der Waals surface area contributed by atoms with E-state index in [0.29, 0.717) is 12.8 Å². The number of benzene rings is 1. The third-order valence-corrected chi connectivity index (χ3v) is 9.11. The topological polar surface area (TPSA) is 219 Å². The highest BCUT2D eigenvalue weighted by molar-refractivity contribution is 6.23. The fourth-order valence-electron chi connectivity index (χ4n) is 5.54. The van der Waals surface area contributed by atoms with Crippen LogP contribution in [-0.4, -0.2) is 106 Å². The monoisotopic (exact) mass is 649 g/mol. The molecule has 13 nitrogen and oxygen atoms in total. The third-order valence-electron chi connectivity index (χ3n) is 9.11. The second kappa shape index (κ2) is 16.1. The van der Waals surface area contributed by atoms with E-state index in [2.05, 4.69) is 16.0 Å². The normalized spacial score (nSPS) is 18.9. The first-order valence-corrected chi connectivity index (χ1v) is 15.4. The number of hydrogen-bond donors (Lipinski definition) is 7. The van der Waals surface area contributed by atoms with E-state index >= 15 is 0 Å². The lowest BCUT2D eigenvalue weighted by atomic mass is 9.73. The number of aliphatic carboxylic acids is 1. The summed E-state index contributed by atoms with van der Waals surface area (Å²) in [6, 6.07) is 0.552. The van der Waals surface area contributed by atoms with Crippen LogP contribution in [0.25, 0.3) is 0 Å². The fraction of sp³-hybridized carbons (Fsp3) is 0.636. The Labute approximate surface area is 270 Å². The highest BCUT2D eigenvalue weighted by atomic mass is 16.4. The zero-order valence-electron chi connectivity index (χ0n) is 28.5. The smallest absolute Gasteiger partial charge is 0.344 e. The molecular formula is C33H51N3O10. The van der Waals surface area contributed by atoms with E-state index < -0.39 is 92.9 Å². The highest BCUT2D eigenvalue weighted by Gasteiger charge is 2.55. The van der Waals surface area contributed by atoms with E-state index in [1.807, 2.05) is 6.92 Å². The maximum Gasteiger partial charge on any atom is 0.344 e. The molecule has 1 aromatic carbocycles. The van der Waals surface area contributed by atoms with Gasteiger partial charge in [0.15, 0.2) is 23.0 Å². The fourth-order valence-corrected chi connectivity index (χ4v) is 5.54. The minimum Gasteiger partial charge on any atom is -0.479 e. The second-order valence-electron chi connectivity index (χ2n) is 12.4. The summed E-state index contributed by atoms with van der Waals surface area (Å²) < 4.78 is 0. The largest absolute Gasteiger partial charge is 0.479 e. The van der Waals surface area contributed by atoms with Crippen molar-refractivity contribution in [1.82, 2.24) is 16.0 Å². The van der Waals surface area contributed by atoms with Crippen molar-refractivity contribution in [3.8, 4) is 0 Å². The van der Waals surface area contributed by atoms with Gasteiger partial charge in [0.1, 0.15) is 5.60 Å². The van der Waals surface area contributed by atoms with Crippen LogP contribution in [0, 0.1) is 11.8 Å². The van der Waals surface area contributed by atoms with E-state index in [-0.39, 0.29) is 11.8 Å². The number of carboxylic acid groups (broad SMARTS) is 1. The first-order valence-electron chi connectivity index (χ1n) is 15.4. The van der Waals surface area contributed by atoms with Crippen molar-refractivity contribution in [2.75, 3.05) is 21.1 Å². The molecule has 0 heterocycles. The van der Waals surface area contributed by atoms with Crippen LogP contribution in [0.15, 0.2) is 18.2 Å². The Kier molecular flexibility index (Phi) is 14.3. The van der Waals surface area contributed by atoms with Gasteiger partial charge in [0.05, 0.1) is 24.5 Å². The number of ketones is 5. The van der Waals surface area contributed by atoms with Gasteiger partial charge in [-0.3, -0.25) is 24.0 Å². The molecule has 8 atom stereocenters. The van der Waals surface area contributed by atoms with Crippen molar-refractivity contribution >= 4 is 34.9 Å². The molecule has 0 amide bonds. The van der Waals surface area contributed by atoms with Crippen LogP contribution >= 0.6 is 0 Å². The predicted octanol–water partition coefficient (Wildman–Crippen LogP) is 0.800. The third kappa shape index (κ3) is 8.01. The molecule has 7 N–H and O–H groups in total. The number of hydrogen-bond acceptors (Lipinski definition) is 12. The number of likely N-dealkylation sites (N-methyl/N-ethyl adjacent to an activating group) is 3. The zero-order chi connectivity index (χ0) is 35.9. The molecule has 13 heteroatoms. The first kappa shape index (κ1) is 40.8. The average molecular weight is 650 g/mol. The van der Waals surface area contributed by atoms with Crippen molar-refractivity contribution in [2.45, 2.75) is 103 Å². The molecule has 0 aliphatic carbocycles. The zero-order valence-corrected chi connectivity index (χ0v) is 28.5. The summed E-state index contributed by atoms with van der Waals surface area (Å²) >= 11 is 0. The summed E-state index contributed by atoms with van der Waals surface area (Å²) in [5, 5.41) is 52.6. The summed E-state index contributed by atoms with van der Waals surface area (Å²) in [5.74, 6) is -8.20. The number of aliphatic hydroxyl groups is 3. The van der Waals surface area contributed by atoms with Crippen LogP contribution in [-0.2, 0) is 24.8 Å². The van der Waals surface area contributed by atoms with E-state index in [1.165, 1.54) is 34.1 Å². The molecule has 0 aromatic heterocycles. The van der Waals surface area contributed by atoms with Gasteiger partial charge in [-0.15, -0.1) is 0 Å². The SMILES string of the molecule is CCC(C)[C@H](NC)C(=O)CC(O)(C(=O)O)C(=O)C(C)(O)c1cccc(C(=O)C(C)(O)C(=O)[C@H](C)NC)c1C(=O)[C@@H](NC)C(C)CC. The van der Waals surface area contributed by atoms with E-state index in [0.717, 1.165) is 26.0 Å². The number of carboxylic acids is 1. The minimum atomic E-state index is -3.44. The molecule has 0 aliphatic heterocycles. The van der Waals surface area contributed by atoms with Crippen molar-refractivity contribution in [3.63, 3.8) is 0 Å². The molecule has 0 aliphatic rings. The Morgan fingerprint density at radius 2 is 1.30 bits per heavy atom. The summed E-state index contributed by atoms with van der Waals surface area (Å²) in [6.07, 6.45) is -0.202. The van der Waals surface area contributed by atoms with Gasteiger partial charge >= 0.3 is 5.97 Å². The lowest BCUT2D eigenvalue weighted by Crippen LogP contribution is -2.58. The standard InChI is InChI=1S/C33H51N3O10/c1-11-17(3)24(35-9)22(37)16-33(46,30(42)43)29(41)31(6,44)21-15-13-14-20(23(21)26(38)25(36-10)18(4)12-2)28(40)32(7,45)27(39)19(5)34-8/h13-15,17-19,24-25,34-36,44-46H,11-12,16H2,1-10H3,(H,42,43)/t17?,18?,19-,24-,25-,31?,32?,33?/m0/s1. The maximum absolute atomic E-state index is 14.2. The average Bonchev–Trinajstić information content (AvgIpc) is 3.02. The lowest BCUT2D eigenvalue weighted by Gasteiger charge is -2.34. The first-order chi connectivity index (χ1) is 21.2. The van der Waals surface area contributed by atoms with Crippen LogP contribution in [0.1, 0.15) is 94.0 Å². The summed E-state index contributed by atoms with van der Waals surface area (Å²) in [5.41, 5.74) is -10.7. The van der Waals surface area contributed by atoms with Crippen LogP contribution < -0.4 is 16.0 Å². The van der Waals surface area contributed by atoms with Gasteiger partial charge in [-0.05, 0) is 53.8 Å². The van der Waals surface area contributed by atoms with Crippen molar-refractivity contribution in [2.24, 2.45) is 11.8 Å². The Morgan fingerprint density at radius 1 is 0.804 bits per heavy atom. The van der Waals surface area contributed by atoms with Gasteiger partial charge in [0.25, 0.3) is 0 Å². The molecule has 0 radical (unpaired) electrons. The van der Waals surface area contributed by atoms with Crippen LogP contribution in [0.5, 0.6) is 0 Å². The van der Waals surface area contributed by atoms with Gasteiger partial charge < -0.3 is 36.4 Å². The Hall–Kier alpha value is -3.20. The van der Waals surface area contributed by atoms with Gasteiger partial charge in [-0.1, -0.05) is 58.7 Å². The van der Waals surface area contributed by atoms with Gasteiger partial charge in [0, 0.05) is 16.7 Å². The molecule has 5 unspecified atom stereocenters. The number of carbonyl (C=O) groups is 6. The number of carbonyl (C=O) groups excluding carboxylic acids is 5. The minimum absolute atomic E-state index is 0.293. The van der Waals surface area contributed by atoms with E-state index in [4.69, 9.17) is 0 Å². The quantitative estimate of drug-likeness (QED) is 0.0769. The second-order valence-corrected chi connectivity index (χ2v) is 12.4. The molecule has 258 valence electrons. The van der Waals surface area contributed by atoms with Crippen LogP contribution in [0.2, 0.25) is 0 Å². The molecular weight excluding hydrogens is 598 g/mol. The molecule has 0 bridgehead atoms. The molecule has 0 saturated heterocycles. The van der Waals surface area contributed by atoms with Crippen molar-refractivity contribution in [1.29, 1.82) is 0 Å². The molecule has 46 heavy (non-hydrogen) atoms. The van der Waals surface area contributed by atoms with E-state index in [9.17, 15) is 49.2 Å². The van der Waals surface area contributed by atoms with Crippen LogP contribution in [0.4, 0.5) is 0 Å². The molecule has 0 spiro atoms. The van der Waals surface area contributed by atoms with Gasteiger partial charge in [0.2, 0.25) is 17.2 Å². The molecule has 0 saturated carbocycles.